The number of nitrogens with one attached hydrogen (secondary N) is 1. The molecule has 0 aliphatic carbocycles. The number of amides is 1. The molecule has 1 aromatic heterocycles. The summed E-state index contributed by atoms with van der Waals surface area (Å²) in [5, 5.41) is 11.0. The van der Waals surface area contributed by atoms with Crippen molar-refractivity contribution in [2.24, 2.45) is 10.7 Å². The van der Waals surface area contributed by atoms with Crippen LogP contribution in [0.3, 0.4) is 0 Å². The molecule has 0 saturated carbocycles. The number of ether oxygens (including phenoxy) is 1. The van der Waals surface area contributed by atoms with Crippen LogP contribution in [0.15, 0.2) is 35.5 Å². The zero-order valence-electron chi connectivity index (χ0n) is 15.9. The molecule has 1 aliphatic heterocycles. The van der Waals surface area contributed by atoms with Crippen molar-refractivity contribution in [1.82, 2.24) is 4.98 Å². The molecule has 0 bridgehead atoms. The predicted molar refractivity (Wildman–Crippen MR) is 103 cm³/mol. The summed E-state index contributed by atoms with van der Waals surface area (Å²) in [5.41, 5.74) is 2.19. The van der Waals surface area contributed by atoms with Gasteiger partial charge in [-0.1, -0.05) is 11.6 Å². The SMILES string of the molecule is N#Cc1cnc(C(=O)Nc2ccc(F)c(C3(CF)CC(C(F)(F)F)OC(N)=N3)c2)c(Cl)c1. The lowest BCUT2D eigenvalue weighted by atomic mass is 9.84. The van der Waals surface area contributed by atoms with Crippen LogP contribution in [0.5, 0.6) is 0 Å². The summed E-state index contributed by atoms with van der Waals surface area (Å²) in [4.78, 5) is 19.9. The quantitative estimate of drug-likeness (QED) is 0.655. The Labute approximate surface area is 182 Å². The molecular weight excluding hydrogens is 461 g/mol. The van der Waals surface area contributed by atoms with Gasteiger partial charge in [0, 0.05) is 23.9 Å². The van der Waals surface area contributed by atoms with Gasteiger partial charge in [0.15, 0.2) is 6.10 Å². The van der Waals surface area contributed by atoms with Gasteiger partial charge in [-0.15, -0.1) is 0 Å². The Kier molecular flexibility index (Phi) is 6.23. The van der Waals surface area contributed by atoms with E-state index in [1.807, 2.05) is 0 Å². The van der Waals surface area contributed by atoms with Gasteiger partial charge in [0.1, 0.15) is 29.8 Å². The summed E-state index contributed by atoms with van der Waals surface area (Å²) in [7, 11) is 0. The zero-order chi connectivity index (χ0) is 23.7. The van der Waals surface area contributed by atoms with Crippen LogP contribution in [0, 0.1) is 17.1 Å². The normalized spacial score (nSPS) is 20.7. The molecule has 0 saturated heterocycles. The fraction of sp³-hybridized carbons (Fsp3) is 0.263. The molecule has 3 N–H and O–H groups in total. The highest BCUT2D eigenvalue weighted by atomic mass is 35.5. The van der Waals surface area contributed by atoms with Gasteiger partial charge < -0.3 is 15.8 Å². The first-order valence-corrected chi connectivity index (χ1v) is 9.18. The topological polar surface area (TPSA) is 113 Å². The van der Waals surface area contributed by atoms with Crippen molar-refractivity contribution >= 4 is 29.2 Å². The molecule has 168 valence electrons. The predicted octanol–water partition coefficient (Wildman–Crippen LogP) is 3.83. The largest absolute Gasteiger partial charge is 0.452 e. The number of pyridine rings is 1. The number of nitriles is 1. The van der Waals surface area contributed by atoms with Gasteiger partial charge in [-0.2, -0.15) is 18.4 Å². The number of alkyl halides is 4. The fourth-order valence-corrected chi connectivity index (χ4v) is 3.35. The number of anilines is 1. The number of benzene rings is 1. The van der Waals surface area contributed by atoms with Gasteiger partial charge in [0.2, 0.25) is 0 Å². The second-order valence-electron chi connectivity index (χ2n) is 6.78. The van der Waals surface area contributed by atoms with Crippen LogP contribution in [-0.2, 0) is 10.3 Å². The number of hydrogen-bond donors (Lipinski definition) is 2. The van der Waals surface area contributed by atoms with Gasteiger partial charge in [-0.25, -0.2) is 18.8 Å². The number of amidine groups is 1. The number of hydrogen-bond acceptors (Lipinski definition) is 6. The molecule has 1 aliphatic rings. The fourth-order valence-electron chi connectivity index (χ4n) is 3.10. The third-order valence-electron chi connectivity index (χ3n) is 4.61. The van der Waals surface area contributed by atoms with Crippen molar-refractivity contribution in [1.29, 1.82) is 5.26 Å². The first kappa shape index (κ1) is 23.2. The van der Waals surface area contributed by atoms with Gasteiger partial charge in [0.05, 0.1) is 10.6 Å². The van der Waals surface area contributed by atoms with E-state index in [0.717, 1.165) is 24.4 Å². The molecule has 0 spiro atoms. The Balaban J connectivity index is 1.97. The van der Waals surface area contributed by atoms with Gasteiger partial charge in [-0.3, -0.25) is 4.79 Å². The molecule has 13 heteroatoms. The number of nitrogens with zero attached hydrogens (tertiary/aromatic N) is 3. The summed E-state index contributed by atoms with van der Waals surface area (Å²) in [5.74, 6) is -1.91. The van der Waals surface area contributed by atoms with Crippen molar-refractivity contribution in [2.75, 3.05) is 12.0 Å². The summed E-state index contributed by atoms with van der Waals surface area (Å²) < 4.78 is 72.6. The maximum atomic E-state index is 14.6. The number of aromatic nitrogens is 1. The Bertz CT molecular complexity index is 1130. The van der Waals surface area contributed by atoms with E-state index in [4.69, 9.17) is 22.6 Å². The number of rotatable bonds is 4. The highest BCUT2D eigenvalue weighted by Crippen LogP contribution is 2.42. The van der Waals surface area contributed by atoms with Crippen LogP contribution in [0.25, 0.3) is 0 Å². The molecule has 0 fully saturated rings. The number of halogens is 6. The molecule has 2 atom stereocenters. The minimum atomic E-state index is -4.90. The van der Waals surface area contributed by atoms with Crippen molar-refractivity contribution in [3.8, 4) is 6.07 Å². The maximum Gasteiger partial charge on any atom is 0.425 e. The number of aliphatic imine (C=N–C) groups is 1. The molecule has 7 nitrogen and oxygen atoms in total. The molecule has 0 radical (unpaired) electrons. The number of carbonyl (C=O) groups is 1. The van der Waals surface area contributed by atoms with Crippen LogP contribution in [0.4, 0.5) is 27.6 Å². The molecule has 1 aromatic carbocycles. The molecular formula is C19H13ClF5N5O2. The molecule has 32 heavy (non-hydrogen) atoms. The van der Waals surface area contributed by atoms with E-state index < -0.39 is 54.2 Å². The molecule has 2 heterocycles. The maximum absolute atomic E-state index is 14.6. The Hall–Kier alpha value is -3.46. The van der Waals surface area contributed by atoms with E-state index in [1.54, 1.807) is 6.07 Å². The minimum Gasteiger partial charge on any atom is -0.452 e. The van der Waals surface area contributed by atoms with Crippen LogP contribution in [0.1, 0.15) is 28.0 Å². The lowest BCUT2D eigenvalue weighted by Crippen LogP contribution is -2.48. The average molecular weight is 474 g/mol. The standard InChI is InChI=1S/C19H13ClF5N5O2/c20-12-3-9(6-26)7-28-15(12)16(31)29-10-1-2-13(22)11(4-10)18(8-21)5-14(19(23,24)25)32-17(27)30-18/h1-4,7,14H,5,8H2,(H2,27,30)(H,29,31). The molecule has 3 rings (SSSR count). The summed E-state index contributed by atoms with van der Waals surface area (Å²) in [6, 6.07) is 4.93. The third-order valence-corrected chi connectivity index (χ3v) is 4.90. The van der Waals surface area contributed by atoms with E-state index in [1.165, 1.54) is 6.07 Å². The van der Waals surface area contributed by atoms with E-state index in [2.05, 4.69) is 20.0 Å². The second kappa shape index (κ2) is 8.58. The average Bonchev–Trinajstić information content (AvgIpc) is 2.73. The minimum absolute atomic E-state index is 0.0923. The van der Waals surface area contributed by atoms with E-state index in [-0.39, 0.29) is 22.0 Å². The molecule has 1 amide bonds. The summed E-state index contributed by atoms with van der Waals surface area (Å²) in [6.45, 7) is -1.51. The van der Waals surface area contributed by atoms with Crippen molar-refractivity contribution in [2.45, 2.75) is 24.2 Å². The first-order valence-electron chi connectivity index (χ1n) is 8.81. The van der Waals surface area contributed by atoms with Crippen LogP contribution >= 0.6 is 11.6 Å². The van der Waals surface area contributed by atoms with Crippen LogP contribution in [0.2, 0.25) is 5.02 Å². The third kappa shape index (κ3) is 4.57. The van der Waals surface area contributed by atoms with Crippen molar-refractivity contribution in [3.05, 3.63) is 58.1 Å². The zero-order valence-corrected chi connectivity index (χ0v) is 16.6. The van der Waals surface area contributed by atoms with Gasteiger partial charge >= 0.3 is 6.18 Å². The lowest BCUT2D eigenvalue weighted by Gasteiger charge is -2.36. The summed E-state index contributed by atoms with van der Waals surface area (Å²) >= 11 is 5.93. The highest BCUT2D eigenvalue weighted by Gasteiger charge is 2.52. The number of nitrogens with two attached hydrogens (primary N) is 1. The highest BCUT2D eigenvalue weighted by molar-refractivity contribution is 6.34. The Morgan fingerprint density at radius 1 is 1.41 bits per heavy atom. The first-order chi connectivity index (χ1) is 15.0. The monoisotopic (exact) mass is 473 g/mol. The Morgan fingerprint density at radius 3 is 2.72 bits per heavy atom. The lowest BCUT2D eigenvalue weighted by molar-refractivity contribution is -0.209. The van der Waals surface area contributed by atoms with Gasteiger partial charge in [0.25, 0.3) is 11.9 Å². The van der Waals surface area contributed by atoms with Crippen molar-refractivity contribution in [3.63, 3.8) is 0 Å². The van der Waals surface area contributed by atoms with Crippen LogP contribution < -0.4 is 11.1 Å². The van der Waals surface area contributed by atoms with E-state index in [0.29, 0.717) is 0 Å². The van der Waals surface area contributed by atoms with E-state index >= 15 is 0 Å². The second-order valence-corrected chi connectivity index (χ2v) is 7.19. The van der Waals surface area contributed by atoms with Crippen LogP contribution in [-0.4, -0.2) is 35.9 Å². The van der Waals surface area contributed by atoms with Crippen molar-refractivity contribution < 1.29 is 31.5 Å². The molecule has 2 unspecified atom stereocenters. The Morgan fingerprint density at radius 2 is 2.12 bits per heavy atom. The number of carbonyl (C=O) groups excluding carboxylic acids is 1. The summed E-state index contributed by atoms with van der Waals surface area (Å²) in [6.07, 6.45) is -7.37. The van der Waals surface area contributed by atoms with E-state index in [9.17, 15) is 26.7 Å². The molecule has 2 aromatic rings. The van der Waals surface area contributed by atoms with Gasteiger partial charge in [-0.05, 0) is 24.3 Å². The smallest absolute Gasteiger partial charge is 0.425 e.